The van der Waals surface area contributed by atoms with Gasteiger partial charge in [-0.2, -0.15) is 16.9 Å². The third-order valence-corrected chi connectivity index (χ3v) is 4.93. The Morgan fingerprint density at radius 2 is 2.39 bits per heavy atom. The molecule has 1 aliphatic carbocycles. The summed E-state index contributed by atoms with van der Waals surface area (Å²) in [5.41, 5.74) is 1.58. The first-order valence-electron chi connectivity index (χ1n) is 5.99. The summed E-state index contributed by atoms with van der Waals surface area (Å²) >= 11 is 1.85. The number of hydrogen-bond donors (Lipinski definition) is 2. The lowest BCUT2D eigenvalue weighted by atomic mass is 10.1. The maximum Gasteiger partial charge on any atom is 0.251 e. The molecule has 2 N–H and O–H groups in total. The first kappa shape index (κ1) is 11.6. The number of nitrogens with zero attached hydrogens (tertiary/aromatic N) is 1. The van der Waals surface area contributed by atoms with Gasteiger partial charge in [-0.25, -0.2) is 0 Å². The number of hydrogen-bond acceptors (Lipinski definition) is 3. The minimum atomic E-state index is -0.00757. The van der Waals surface area contributed by atoms with E-state index in [1.165, 1.54) is 12.8 Å². The number of benzene rings is 1. The molecule has 0 spiro atoms. The Kier molecular flexibility index (Phi) is 2.78. The number of carbonyl (C=O) groups excluding carboxylic acids is 1. The predicted octanol–water partition coefficient (Wildman–Crippen LogP) is 2.19. The molecule has 0 unspecified atom stereocenters. The Morgan fingerprint density at radius 3 is 3.11 bits per heavy atom. The molecular weight excluding hydrogens is 246 g/mol. The summed E-state index contributed by atoms with van der Waals surface area (Å²) in [7, 11) is 0. The van der Waals surface area contributed by atoms with E-state index in [1.54, 1.807) is 6.20 Å². The number of amides is 1. The average molecular weight is 261 g/mol. The second-order valence-corrected chi connectivity index (χ2v) is 6.02. The molecule has 2 aromatic rings. The second kappa shape index (κ2) is 4.31. The number of thioether (sulfide) groups is 1. The molecule has 0 radical (unpaired) electrons. The lowest BCUT2D eigenvalue weighted by molar-refractivity contribution is 0.0953. The molecule has 94 valence electrons. The Balaban J connectivity index is 1.71. The van der Waals surface area contributed by atoms with Gasteiger partial charge in [-0.05, 0) is 31.2 Å². The zero-order chi connectivity index (χ0) is 12.6. The molecule has 0 bridgehead atoms. The van der Waals surface area contributed by atoms with E-state index in [-0.39, 0.29) is 5.91 Å². The lowest BCUT2D eigenvalue weighted by Gasteiger charge is -2.12. The fourth-order valence-corrected chi connectivity index (χ4v) is 2.74. The molecule has 4 nitrogen and oxygen atoms in total. The highest BCUT2D eigenvalue weighted by molar-refractivity contribution is 8.00. The van der Waals surface area contributed by atoms with E-state index < -0.39 is 0 Å². The molecule has 0 atom stereocenters. The van der Waals surface area contributed by atoms with Crippen molar-refractivity contribution in [2.75, 3.05) is 12.8 Å². The van der Waals surface area contributed by atoms with Crippen molar-refractivity contribution in [1.82, 2.24) is 15.5 Å². The van der Waals surface area contributed by atoms with Crippen LogP contribution >= 0.6 is 11.8 Å². The Morgan fingerprint density at radius 1 is 1.56 bits per heavy atom. The van der Waals surface area contributed by atoms with Crippen molar-refractivity contribution < 1.29 is 4.79 Å². The average Bonchev–Trinajstić information content (AvgIpc) is 3.04. The van der Waals surface area contributed by atoms with E-state index >= 15 is 0 Å². The number of H-pyrrole nitrogens is 1. The summed E-state index contributed by atoms with van der Waals surface area (Å²) < 4.78 is 0.299. The van der Waals surface area contributed by atoms with E-state index in [2.05, 4.69) is 21.8 Å². The summed E-state index contributed by atoms with van der Waals surface area (Å²) in [6.07, 6.45) is 6.27. The molecule has 3 rings (SSSR count). The smallest absolute Gasteiger partial charge is 0.251 e. The number of nitrogens with one attached hydrogen (secondary N) is 2. The Hall–Kier alpha value is -1.49. The molecule has 1 fully saturated rings. The van der Waals surface area contributed by atoms with Crippen LogP contribution in [-0.4, -0.2) is 33.7 Å². The van der Waals surface area contributed by atoms with Crippen LogP contribution in [0.3, 0.4) is 0 Å². The van der Waals surface area contributed by atoms with Crippen molar-refractivity contribution in [1.29, 1.82) is 0 Å². The SMILES string of the molecule is CSC1(CNC(=O)c2ccc3cn[nH]c3c2)CC1. The van der Waals surface area contributed by atoms with E-state index in [4.69, 9.17) is 0 Å². The molecular formula is C13H15N3OS. The van der Waals surface area contributed by atoms with E-state index in [0.29, 0.717) is 10.3 Å². The minimum Gasteiger partial charge on any atom is -0.351 e. The maximum absolute atomic E-state index is 12.0. The number of aromatic nitrogens is 2. The molecule has 1 saturated carbocycles. The summed E-state index contributed by atoms with van der Waals surface area (Å²) in [6, 6.07) is 5.59. The van der Waals surface area contributed by atoms with Crippen molar-refractivity contribution in [3.63, 3.8) is 0 Å². The van der Waals surface area contributed by atoms with Crippen LogP contribution in [0.25, 0.3) is 10.9 Å². The largest absolute Gasteiger partial charge is 0.351 e. The molecule has 5 heteroatoms. The van der Waals surface area contributed by atoms with Crippen LogP contribution in [0.1, 0.15) is 23.2 Å². The van der Waals surface area contributed by atoms with Crippen LogP contribution in [0.5, 0.6) is 0 Å². The van der Waals surface area contributed by atoms with Crippen LogP contribution in [0.4, 0.5) is 0 Å². The van der Waals surface area contributed by atoms with E-state index in [1.807, 2.05) is 30.0 Å². The van der Waals surface area contributed by atoms with Gasteiger partial charge in [-0.1, -0.05) is 6.07 Å². The lowest BCUT2D eigenvalue weighted by Crippen LogP contribution is -2.31. The molecule has 0 aliphatic heterocycles. The summed E-state index contributed by atoms with van der Waals surface area (Å²) in [5.74, 6) is -0.00757. The maximum atomic E-state index is 12.0. The highest BCUT2D eigenvalue weighted by atomic mass is 32.2. The van der Waals surface area contributed by atoms with Crippen molar-refractivity contribution in [3.8, 4) is 0 Å². The summed E-state index contributed by atoms with van der Waals surface area (Å²) in [5, 5.41) is 10.9. The normalized spacial score (nSPS) is 16.7. The third-order valence-electron chi connectivity index (χ3n) is 3.52. The van der Waals surface area contributed by atoms with Gasteiger partial charge in [0.1, 0.15) is 0 Å². The summed E-state index contributed by atoms with van der Waals surface area (Å²) in [4.78, 5) is 12.0. The van der Waals surface area contributed by atoms with Gasteiger partial charge < -0.3 is 5.32 Å². The van der Waals surface area contributed by atoms with Crippen LogP contribution in [-0.2, 0) is 0 Å². The molecule has 1 heterocycles. The van der Waals surface area contributed by atoms with Crippen LogP contribution in [0, 0.1) is 0 Å². The van der Waals surface area contributed by atoms with Crippen molar-refractivity contribution in [2.24, 2.45) is 0 Å². The number of fused-ring (bicyclic) bond motifs is 1. The quantitative estimate of drug-likeness (QED) is 0.887. The van der Waals surface area contributed by atoms with Crippen molar-refractivity contribution >= 4 is 28.6 Å². The molecule has 1 aliphatic rings. The second-order valence-electron chi connectivity index (χ2n) is 4.74. The summed E-state index contributed by atoms with van der Waals surface area (Å²) in [6.45, 7) is 0.758. The topological polar surface area (TPSA) is 57.8 Å². The van der Waals surface area contributed by atoms with Gasteiger partial charge in [0, 0.05) is 22.2 Å². The van der Waals surface area contributed by atoms with Crippen LogP contribution < -0.4 is 5.32 Å². The van der Waals surface area contributed by atoms with Gasteiger partial charge in [0.15, 0.2) is 0 Å². The van der Waals surface area contributed by atoms with E-state index in [0.717, 1.165) is 17.4 Å². The molecule has 18 heavy (non-hydrogen) atoms. The van der Waals surface area contributed by atoms with Gasteiger partial charge in [0.25, 0.3) is 5.91 Å². The third kappa shape index (κ3) is 2.10. The standard InChI is InChI=1S/C13H15N3OS/c1-18-13(4-5-13)8-14-12(17)9-2-3-10-7-15-16-11(10)6-9/h2-3,6-7H,4-5,8H2,1H3,(H,14,17)(H,15,16). The zero-order valence-corrected chi connectivity index (χ0v) is 11.0. The number of carbonyl (C=O) groups is 1. The van der Waals surface area contributed by atoms with Gasteiger partial charge >= 0.3 is 0 Å². The predicted molar refractivity (Wildman–Crippen MR) is 73.9 cm³/mol. The van der Waals surface area contributed by atoms with Crippen molar-refractivity contribution in [2.45, 2.75) is 17.6 Å². The molecule has 1 amide bonds. The number of aromatic amines is 1. The fraction of sp³-hybridized carbons (Fsp3) is 0.385. The van der Waals surface area contributed by atoms with Gasteiger partial charge in [0.05, 0.1) is 11.7 Å². The van der Waals surface area contributed by atoms with Crippen molar-refractivity contribution in [3.05, 3.63) is 30.0 Å². The molecule has 1 aromatic heterocycles. The zero-order valence-electron chi connectivity index (χ0n) is 10.2. The van der Waals surface area contributed by atoms with E-state index in [9.17, 15) is 4.79 Å². The Labute approximate surface area is 110 Å². The fourth-order valence-electron chi connectivity index (χ4n) is 2.01. The highest BCUT2D eigenvalue weighted by Crippen LogP contribution is 2.46. The highest BCUT2D eigenvalue weighted by Gasteiger charge is 2.41. The van der Waals surface area contributed by atoms with Crippen LogP contribution in [0.15, 0.2) is 24.4 Å². The molecule has 1 aromatic carbocycles. The van der Waals surface area contributed by atoms with Crippen LogP contribution in [0.2, 0.25) is 0 Å². The minimum absolute atomic E-state index is 0.00757. The Bertz CT molecular complexity index is 589. The number of rotatable bonds is 4. The van der Waals surface area contributed by atoms with Gasteiger partial charge in [0.2, 0.25) is 0 Å². The first-order chi connectivity index (χ1) is 8.72. The van der Waals surface area contributed by atoms with Gasteiger partial charge in [-0.15, -0.1) is 0 Å². The first-order valence-corrected chi connectivity index (χ1v) is 7.21. The molecule has 0 saturated heterocycles. The van der Waals surface area contributed by atoms with Gasteiger partial charge in [-0.3, -0.25) is 9.89 Å². The monoisotopic (exact) mass is 261 g/mol.